The average Bonchev–Trinajstić information content (AvgIpc) is 3.18. The molecule has 0 radical (unpaired) electrons. The number of carbonyl (C=O) groups is 1. The summed E-state index contributed by atoms with van der Waals surface area (Å²) in [7, 11) is 0. The molecule has 0 bridgehead atoms. The number of nitrogens with zero attached hydrogens (tertiary/aromatic N) is 1. The summed E-state index contributed by atoms with van der Waals surface area (Å²) in [5.41, 5.74) is 0.726. The van der Waals surface area contributed by atoms with Crippen molar-refractivity contribution in [2.75, 3.05) is 38.2 Å². The number of carbonyl (C=O) groups excluding carboxylic acids is 1. The van der Waals surface area contributed by atoms with Crippen LogP contribution >= 0.6 is 0 Å². The maximum Gasteiger partial charge on any atom is 0.241 e. The average molecular weight is 348 g/mol. The van der Waals surface area contributed by atoms with Crippen LogP contribution in [-0.4, -0.2) is 56.0 Å². The molecule has 0 saturated carbocycles. The first-order chi connectivity index (χ1) is 12.2. The Labute approximate surface area is 149 Å². The molecular weight excluding hydrogens is 320 g/mol. The fourth-order valence-corrected chi connectivity index (χ4v) is 3.48. The van der Waals surface area contributed by atoms with Gasteiger partial charge in [0.15, 0.2) is 6.29 Å². The lowest BCUT2D eigenvalue weighted by molar-refractivity contribution is -0.123. The second-order valence-corrected chi connectivity index (χ2v) is 6.58. The van der Waals surface area contributed by atoms with Crippen LogP contribution in [0.15, 0.2) is 24.3 Å². The summed E-state index contributed by atoms with van der Waals surface area (Å²) in [6.07, 6.45) is 1.94. The topological polar surface area (TPSA) is 60.0 Å². The van der Waals surface area contributed by atoms with Crippen LogP contribution < -0.4 is 10.1 Å². The summed E-state index contributed by atoms with van der Waals surface area (Å²) in [5, 5.41) is 3.00. The predicted octanol–water partition coefficient (Wildman–Crippen LogP) is 2.50. The molecule has 1 N–H and O–H groups in total. The van der Waals surface area contributed by atoms with Crippen LogP contribution in [0, 0.1) is 5.92 Å². The van der Waals surface area contributed by atoms with Crippen molar-refractivity contribution in [2.24, 2.45) is 5.92 Å². The first kappa shape index (κ1) is 18.2. The molecule has 25 heavy (non-hydrogen) atoms. The van der Waals surface area contributed by atoms with Crippen molar-refractivity contribution in [1.82, 2.24) is 4.90 Å². The summed E-state index contributed by atoms with van der Waals surface area (Å²) >= 11 is 0. The molecule has 1 atom stereocenters. The molecule has 2 fully saturated rings. The van der Waals surface area contributed by atoms with E-state index in [1.54, 1.807) is 0 Å². The van der Waals surface area contributed by atoms with Gasteiger partial charge in [0.2, 0.25) is 5.91 Å². The summed E-state index contributed by atoms with van der Waals surface area (Å²) in [5.74, 6) is 1.14. The van der Waals surface area contributed by atoms with E-state index in [2.05, 4.69) is 10.2 Å². The van der Waals surface area contributed by atoms with E-state index in [9.17, 15) is 4.79 Å². The highest BCUT2D eigenvalue weighted by Crippen LogP contribution is 2.28. The Bertz CT molecular complexity index is 566. The van der Waals surface area contributed by atoms with E-state index in [0.717, 1.165) is 31.6 Å². The Morgan fingerprint density at radius 2 is 1.96 bits per heavy atom. The first-order valence-electron chi connectivity index (χ1n) is 9.19. The van der Waals surface area contributed by atoms with Gasteiger partial charge in [-0.2, -0.15) is 0 Å². The molecule has 6 nitrogen and oxygen atoms in total. The zero-order valence-corrected chi connectivity index (χ0v) is 15.1. The molecule has 2 heterocycles. The Kier molecular flexibility index (Phi) is 6.29. The third-order valence-electron chi connectivity index (χ3n) is 4.98. The zero-order valence-electron chi connectivity index (χ0n) is 15.1. The summed E-state index contributed by atoms with van der Waals surface area (Å²) in [4.78, 5) is 14.9. The first-order valence-corrected chi connectivity index (χ1v) is 9.19. The molecule has 0 aromatic heterocycles. The quantitative estimate of drug-likeness (QED) is 0.856. The van der Waals surface area contributed by atoms with Crippen LogP contribution in [0.25, 0.3) is 0 Å². The lowest BCUT2D eigenvalue weighted by Gasteiger charge is -2.36. The molecule has 138 valence electrons. The molecule has 1 aromatic rings. The number of hydrogen-bond donors (Lipinski definition) is 1. The van der Waals surface area contributed by atoms with Gasteiger partial charge in [0.1, 0.15) is 5.75 Å². The van der Waals surface area contributed by atoms with Crippen LogP contribution in [0.5, 0.6) is 5.75 Å². The number of nitrogens with one attached hydrogen (secondary N) is 1. The van der Waals surface area contributed by atoms with E-state index < -0.39 is 0 Å². The molecule has 2 saturated heterocycles. The van der Waals surface area contributed by atoms with Gasteiger partial charge in [-0.25, -0.2) is 0 Å². The van der Waals surface area contributed by atoms with Gasteiger partial charge in [0, 0.05) is 5.92 Å². The molecule has 1 unspecified atom stereocenters. The molecule has 0 aliphatic carbocycles. The number of hydrogen-bond acceptors (Lipinski definition) is 5. The van der Waals surface area contributed by atoms with E-state index in [1.807, 2.05) is 38.1 Å². The van der Waals surface area contributed by atoms with Crippen LogP contribution in [-0.2, 0) is 14.3 Å². The summed E-state index contributed by atoms with van der Waals surface area (Å²) < 4.78 is 16.8. The van der Waals surface area contributed by atoms with Gasteiger partial charge in [0.05, 0.1) is 31.5 Å². The van der Waals surface area contributed by atoms with Gasteiger partial charge >= 0.3 is 0 Å². The van der Waals surface area contributed by atoms with E-state index in [4.69, 9.17) is 14.2 Å². The van der Waals surface area contributed by atoms with Crippen molar-refractivity contribution in [3.63, 3.8) is 0 Å². The monoisotopic (exact) mass is 348 g/mol. The minimum atomic E-state index is -0.180. The molecule has 3 rings (SSSR count). The Hall–Kier alpha value is -1.63. The molecular formula is C19H28N2O4. The van der Waals surface area contributed by atoms with Crippen molar-refractivity contribution < 1.29 is 19.0 Å². The van der Waals surface area contributed by atoms with E-state index in [0.29, 0.717) is 31.5 Å². The Morgan fingerprint density at radius 3 is 2.64 bits per heavy atom. The van der Waals surface area contributed by atoms with E-state index in [-0.39, 0.29) is 18.2 Å². The highest BCUT2D eigenvalue weighted by molar-refractivity contribution is 5.95. The summed E-state index contributed by atoms with van der Waals surface area (Å²) in [6.45, 7) is 7.63. The van der Waals surface area contributed by atoms with Crippen molar-refractivity contribution >= 4 is 11.6 Å². The van der Waals surface area contributed by atoms with Crippen LogP contribution in [0.1, 0.15) is 26.7 Å². The van der Waals surface area contributed by atoms with Crippen molar-refractivity contribution in [3.05, 3.63) is 24.3 Å². The zero-order chi connectivity index (χ0) is 17.6. The number of anilines is 1. The second kappa shape index (κ2) is 8.65. The smallest absolute Gasteiger partial charge is 0.241 e. The van der Waals surface area contributed by atoms with Gasteiger partial charge in [-0.15, -0.1) is 0 Å². The number of likely N-dealkylation sites (tertiary alicyclic amines) is 1. The number of ether oxygens (including phenoxy) is 3. The minimum absolute atomic E-state index is 0.000954. The van der Waals surface area contributed by atoms with Crippen molar-refractivity contribution in [2.45, 2.75) is 39.0 Å². The number of amides is 1. The number of benzene rings is 1. The highest BCUT2D eigenvalue weighted by atomic mass is 16.7. The Morgan fingerprint density at radius 1 is 1.28 bits per heavy atom. The largest absolute Gasteiger partial charge is 0.492 e. The highest BCUT2D eigenvalue weighted by Gasteiger charge is 2.33. The maximum atomic E-state index is 12.6. The van der Waals surface area contributed by atoms with Crippen LogP contribution in [0.2, 0.25) is 0 Å². The molecule has 1 amide bonds. The van der Waals surface area contributed by atoms with Crippen LogP contribution in [0.4, 0.5) is 5.69 Å². The molecule has 6 heteroatoms. The third-order valence-corrected chi connectivity index (χ3v) is 4.98. The molecule has 1 aromatic carbocycles. The standard InChI is InChI=1S/C19H28N2O4/c1-3-23-17-7-5-4-6-16(17)20-18(22)14(2)21-10-8-15(9-11-21)19-24-12-13-25-19/h4-7,14-15,19H,3,8-13H2,1-2H3,(H,20,22). The molecule has 2 aliphatic heterocycles. The lowest BCUT2D eigenvalue weighted by Crippen LogP contribution is -2.47. The molecule has 2 aliphatic rings. The fourth-order valence-electron chi connectivity index (χ4n) is 3.48. The Balaban J connectivity index is 1.53. The van der Waals surface area contributed by atoms with Gasteiger partial charge in [0.25, 0.3) is 0 Å². The second-order valence-electron chi connectivity index (χ2n) is 6.58. The van der Waals surface area contributed by atoms with Crippen LogP contribution in [0.3, 0.4) is 0 Å². The lowest BCUT2D eigenvalue weighted by atomic mass is 9.95. The number of piperidine rings is 1. The fraction of sp³-hybridized carbons (Fsp3) is 0.632. The number of para-hydroxylation sites is 2. The van der Waals surface area contributed by atoms with Crippen molar-refractivity contribution in [3.8, 4) is 5.75 Å². The third kappa shape index (κ3) is 4.51. The SMILES string of the molecule is CCOc1ccccc1NC(=O)C(C)N1CCC(C2OCCO2)CC1. The maximum absolute atomic E-state index is 12.6. The van der Waals surface area contributed by atoms with Gasteiger partial charge in [-0.3, -0.25) is 9.69 Å². The van der Waals surface area contributed by atoms with Gasteiger partial charge < -0.3 is 19.5 Å². The van der Waals surface area contributed by atoms with Crippen molar-refractivity contribution in [1.29, 1.82) is 0 Å². The van der Waals surface area contributed by atoms with E-state index in [1.165, 1.54) is 0 Å². The minimum Gasteiger partial charge on any atom is -0.492 e. The van der Waals surface area contributed by atoms with E-state index >= 15 is 0 Å². The van der Waals surface area contributed by atoms with Gasteiger partial charge in [-0.05, 0) is 51.9 Å². The summed E-state index contributed by atoms with van der Waals surface area (Å²) in [6, 6.07) is 7.37. The normalized spacial score (nSPS) is 21.2. The predicted molar refractivity (Wildman–Crippen MR) is 95.7 cm³/mol. The molecule has 0 spiro atoms. The van der Waals surface area contributed by atoms with Gasteiger partial charge in [-0.1, -0.05) is 12.1 Å². The number of rotatable bonds is 6.